The number of benzene rings is 2. The zero-order chi connectivity index (χ0) is 22.1. The average Bonchev–Trinajstić information content (AvgIpc) is 3.26. The number of hydrogen-bond donors (Lipinski definition) is 2. The predicted octanol–water partition coefficient (Wildman–Crippen LogP) is 2.76. The standard InChI is InChI=1S/C24H33N5O2.HI/c1-28(2)23(30)17-26-24(25-15-13-19-9-5-4-6-10-19)27-20-14-16-29(18-20)21-11-7-8-12-22(21)31-3;/h4-12,20H,13-18H2,1-3H3,(H2,25,26,27);1H. The van der Waals surface area contributed by atoms with Crippen molar-refractivity contribution in [3.63, 3.8) is 0 Å². The largest absolute Gasteiger partial charge is 0.495 e. The number of anilines is 1. The van der Waals surface area contributed by atoms with E-state index in [0.717, 1.165) is 43.9 Å². The molecule has 1 unspecified atom stereocenters. The molecule has 8 heteroatoms. The van der Waals surface area contributed by atoms with E-state index in [4.69, 9.17) is 4.74 Å². The highest BCUT2D eigenvalue weighted by Gasteiger charge is 2.25. The highest BCUT2D eigenvalue weighted by Crippen LogP contribution is 2.30. The lowest BCUT2D eigenvalue weighted by Crippen LogP contribution is -2.45. The van der Waals surface area contributed by atoms with Gasteiger partial charge in [0, 0.05) is 39.8 Å². The van der Waals surface area contributed by atoms with Crippen molar-refractivity contribution in [1.29, 1.82) is 0 Å². The van der Waals surface area contributed by atoms with E-state index in [9.17, 15) is 4.79 Å². The summed E-state index contributed by atoms with van der Waals surface area (Å²) < 4.78 is 5.52. The van der Waals surface area contributed by atoms with Crippen LogP contribution in [0.2, 0.25) is 0 Å². The van der Waals surface area contributed by atoms with Crippen molar-refractivity contribution in [3.05, 3.63) is 60.2 Å². The maximum Gasteiger partial charge on any atom is 0.243 e. The maximum absolute atomic E-state index is 12.0. The lowest BCUT2D eigenvalue weighted by Gasteiger charge is -2.22. The number of para-hydroxylation sites is 2. The molecule has 0 saturated carbocycles. The van der Waals surface area contributed by atoms with Crippen LogP contribution in [0.25, 0.3) is 0 Å². The molecular weight excluding hydrogens is 517 g/mol. The molecule has 1 aliphatic rings. The van der Waals surface area contributed by atoms with E-state index in [1.807, 2.05) is 36.4 Å². The molecule has 3 rings (SSSR count). The fourth-order valence-electron chi connectivity index (χ4n) is 3.59. The van der Waals surface area contributed by atoms with Gasteiger partial charge in [-0.2, -0.15) is 0 Å². The molecule has 1 saturated heterocycles. The molecule has 7 nitrogen and oxygen atoms in total. The Labute approximate surface area is 208 Å². The van der Waals surface area contributed by atoms with Gasteiger partial charge in [-0.15, -0.1) is 24.0 Å². The summed E-state index contributed by atoms with van der Waals surface area (Å²) in [4.78, 5) is 20.4. The minimum absolute atomic E-state index is 0. The lowest BCUT2D eigenvalue weighted by molar-refractivity contribution is -0.127. The second kappa shape index (κ2) is 13.1. The molecule has 1 atom stereocenters. The lowest BCUT2D eigenvalue weighted by atomic mass is 10.1. The molecule has 2 N–H and O–H groups in total. The Morgan fingerprint density at radius 1 is 1.16 bits per heavy atom. The van der Waals surface area contributed by atoms with Crippen LogP contribution >= 0.6 is 24.0 Å². The summed E-state index contributed by atoms with van der Waals surface area (Å²) in [5.74, 6) is 1.54. The van der Waals surface area contributed by atoms with Crippen LogP contribution in [0.5, 0.6) is 5.75 Å². The summed E-state index contributed by atoms with van der Waals surface area (Å²) in [5, 5.41) is 6.91. The van der Waals surface area contributed by atoms with Gasteiger partial charge in [0.2, 0.25) is 5.91 Å². The smallest absolute Gasteiger partial charge is 0.243 e. The van der Waals surface area contributed by atoms with Crippen LogP contribution in [0.4, 0.5) is 5.69 Å². The number of nitrogens with zero attached hydrogens (tertiary/aromatic N) is 3. The van der Waals surface area contributed by atoms with Gasteiger partial charge in [0.25, 0.3) is 0 Å². The Morgan fingerprint density at radius 2 is 1.88 bits per heavy atom. The second-order valence-corrected chi connectivity index (χ2v) is 7.86. The molecule has 0 spiro atoms. The van der Waals surface area contributed by atoms with E-state index in [1.54, 1.807) is 26.1 Å². The van der Waals surface area contributed by atoms with Crippen LogP contribution in [0.1, 0.15) is 12.0 Å². The minimum Gasteiger partial charge on any atom is -0.495 e. The number of aliphatic imine (C=N–C) groups is 1. The Hall–Kier alpha value is -2.49. The van der Waals surface area contributed by atoms with Gasteiger partial charge in [-0.1, -0.05) is 42.5 Å². The third-order valence-corrected chi connectivity index (χ3v) is 5.38. The summed E-state index contributed by atoms with van der Waals surface area (Å²) in [6.45, 7) is 2.65. The number of rotatable bonds is 8. The molecule has 1 amide bonds. The zero-order valence-electron chi connectivity index (χ0n) is 19.1. The molecular formula is C24H34IN5O2. The van der Waals surface area contributed by atoms with E-state index >= 15 is 0 Å². The van der Waals surface area contributed by atoms with Crippen LogP contribution in [0.15, 0.2) is 59.6 Å². The first-order chi connectivity index (χ1) is 15.1. The number of amides is 1. The summed E-state index contributed by atoms with van der Waals surface area (Å²) in [6, 6.07) is 18.7. The van der Waals surface area contributed by atoms with Gasteiger partial charge < -0.3 is 25.2 Å². The molecule has 1 fully saturated rings. The minimum atomic E-state index is -0.0220. The molecule has 0 radical (unpaired) electrons. The maximum atomic E-state index is 12.0. The van der Waals surface area contributed by atoms with Crippen LogP contribution in [-0.4, -0.2) is 70.2 Å². The molecule has 0 aromatic heterocycles. The number of methoxy groups -OCH3 is 1. The molecule has 0 bridgehead atoms. The first-order valence-electron chi connectivity index (χ1n) is 10.7. The molecule has 1 aliphatic heterocycles. The van der Waals surface area contributed by atoms with Crippen LogP contribution in [-0.2, 0) is 11.2 Å². The predicted molar refractivity (Wildman–Crippen MR) is 141 cm³/mol. The van der Waals surface area contributed by atoms with E-state index in [1.165, 1.54) is 5.56 Å². The van der Waals surface area contributed by atoms with Gasteiger partial charge in [-0.25, -0.2) is 4.99 Å². The number of carbonyl (C=O) groups is 1. The Balaban J connectivity index is 0.00000363. The van der Waals surface area contributed by atoms with Crippen molar-refractivity contribution in [2.75, 3.05) is 52.3 Å². The van der Waals surface area contributed by atoms with E-state index in [0.29, 0.717) is 5.96 Å². The van der Waals surface area contributed by atoms with E-state index < -0.39 is 0 Å². The number of carbonyl (C=O) groups excluding carboxylic acids is 1. The van der Waals surface area contributed by atoms with Gasteiger partial charge in [-0.05, 0) is 30.5 Å². The van der Waals surface area contributed by atoms with Crippen LogP contribution in [0, 0.1) is 0 Å². The molecule has 0 aliphatic carbocycles. The molecule has 2 aromatic carbocycles. The van der Waals surface area contributed by atoms with Crippen molar-refractivity contribution < 1.29 is 9.53 Å². The van der Waals surface area contributed by atoms with Crippen LogP contribution < -0.4 is 20.3 Å². The molecule has 2 aromatic rings. The molecule has 174 valence electrons. The summed E-state index contributed by atoms with van der Waals surface area (Å²) in [5.41, 5.74) is 2.37. The second-order valence-electron chi connectivity index (χ2n) is 7.86. The first kappa shape index (κ1) is 25.8. The quantitative estimate of drug-likeness (QED) is 0.300. The Kier molecular flexibility index (Phi) is 10.6. The van der Waals surface area contributed by atoms with Gasteiger partial charge in [-0.3, -0.25) is 4.79 Å². The van der Waals surface area contributed by atoms with Crippen molar-refractivity contribution in [3.8, 4) is 5.75 Å². The summed E-state index contributed by atoms with van der Waals surface area (Å²) in [7, 11) is 5.19. The van der Waals surface area contributed by atoms with Gasteiger partial charge in [0.1, 0.15) is 12.3 Å². The number of guanidine groups is 1. The SMILES string of the molecule is COc1ccccc1N1CCC(NC(=NCC(=O)N(C)C)NCCc2ccccc2)C1.I. The zero-order valence-corrected chi connectivity index (χ0v) is 21.4. The van der Waals surface area contributed by atoms with Crippen molar-refractivity contribution in [2.24, 2.45) is 4.99 Å². The number of halogens is 1. The van der Waals surface area contributed by atoms with E-state index in [-0.39, 0.29) is 42.5 Å². The Morgan fingerprint density at radius 3 is 2.59 bits per heavy atom. The number of hydrogen-bond acceptors (Lipinski definition) is 4. The number of nitrogens with one attached hydrogen (secondary N) is 2. The van der Waals surface area contributed by atoms with Crippen LogP contribution in [0.3, 0.4) is 0 Å². The highest BCUT2D eigenvalue weighted by molar-refractivity contribution is 14.0. The third kappa shape index (κ3) is 7.58. The third-order valence-electron chi connectivity index (χ3n) is 5.38. The van der Waals surface area contributed by atoms with E-state index in [2.05, 4.69) is 38.7 Å². The Bertz CT molecular complexity index is 876. The summed E-state index contributed by atoms with van der Waals surface area (Å²) in [6.07, 6.45) is 1.88. The van der Waals surface area contributed by atoms with Crippen molar-refractivity contribution in [1.82, 2.24) is 15.5 Å². The fourth-order valence-corrected chi connectivity index (χ4v) is 3.59. The monoisotopic (exact) mass is 551 g/mol. The van der Waals surface area contributed by atoms with Crippen molar-refractivity contribution >= 4 is 41.5 Å². The fraction of sp³-hybridized carbons (Fsp3) is 0.417. The molecule has 1 heterocycles. The first-order valence-corrected chi connectivity index (χ1v) is 10.7. The average molecular weight is 551 g/mol. The summed E-state index contributed by atoms with van der Waals surface area (Å²) >= 11 is 0. The molecule has 32 heavy (non-hydrogen) atoms. The van der Waals surface area contributed by atoms with Gasteiger partial charge in [0.15, 0.2) is 5.96 Å². The van der Waals surface area contributed by atoms with Crippen molar-refractivity contribution in [2.45, 2.75) is 18.9 Å². The normalized spacial score (nSPS) is 15.7. The highest BCUT2D eigenvalue weighted by atomic mass is 127. The number of ether oxygens (including phenoxy) is 1. The van der Waals surface area contributed by atoms with Gasteiger partial charge in [0.05, 0.1) is 12.8 Å². The topological polar surface area (TPSA) is 69.2 Å². The van der Waals surface area contributed by atoms with Gasteiger partial charge >= 0.3 is 0 Å². The number of likely N-dealkylation sites (N-methyl/N-ethyl adjacent to an activating group) is 1.